The number of anilines is 1. The maximum Gasteiger partial charge on any atom is 0.411 e. The standard InChI is InChI=1S/C14H21NO2/c1-9(2)11-6-12(10(3)4)8-13(7-11)15-14(16)17-5/h6-10H,1-5H3,(H,15,16). The molecular weight excluding hydrogens is 214 g/mol. The van der Waals surface area contributed by atoms with Crippen LogP contribution in [0.3, 0.4) is 0 Å². The van der Waals surface area contributed by atoms with Gasteiger partial charge in [0.05, 0.1) is 7.11 Å². The van der Waals surface area contributed by atoms with Crippen molar-refractivity contribution in [3.8, 4) is 0 Å². The number of carbonyl (C=O) groups is 1. The summed E-state index contributed by atoms with van der Waals surface area (Å²) in [6.45, 7) is 8.56. The van der Waals surface area contributed by atoms with Crippen molar-refractivity contribution in [1.82, 2.24) is 0 Å². The summed E-state index contributed by atoms with van der Waals surface area (Å²) < 4.78 is 4.60. The van der Waals surface area contributed by atoms with Gasteiger partial charge in [-0.3, -0.25) is 5.32 Å². The molecule has 0 heterocycles. The summed E-state index contributed by atoms with van der Waals surface area (Å²) in [4.78, 5) is 11.2. The molecule has 0 atom stereocenters. The van der Waals surface area contributed by atoms with Crippen LogP contribution in [-0.2, 0) is 4.74 Å². The lowest BCUT2D eigenvalue weighted by atomic mass is 9.95. The van der Waals surface area contributed by atoms with Gasteiger partial charge < -0.3 is 4.74 Å². The smallest absolute Gasteiger partial charge is 0.411 e. The molecule has 1 N–H and O–H groups in total. The normalized spacial score (nSPS) is 10.8. The first kappa shape index (κ1) is 13.6. The average Bonchev–Trinajstić information content (AvgIpc) is 2.28. The largest absolute Gasteiger partial charge is 0.453 e. The predicted octanol–water partition coefficient (Wildman–Crippen LogP) is 4.11. The van der Waals surface area contributed by atoms with Crippen LogP contribution >= 0.6 is 0 Å². The maximum atomic E-state index is 11.2. The van der Waals surface area contributed by atoms with E-state index in [0.717, 1.165) is 5.69 Å². The van der Waals surface area contributed by atoms with E-state index in [9.17, 15) is 4.79 Å². The van der Waals surface area contributed by atoms with E-state index < -0.39 is 6.09 Å². The molecule has 0 aromatic heterocycles. The first-order valence-corrected chi connectivity index (χ1v) is 5.94. The molecule has 3 nitrogen and oxygen atoms in total. The zero-order chi connectivity index (χ0) is 13.0. The molecule has 1 rings (SSSR count). The second-order valence-electron chi connectivity index (χ2n) is 4.81. The summed E-state index contributed by atoms with van der Waals surface area (Å²) in [5.41, 5.74) is 3.25. The van der Waals surface area contributed by atoms with Gasteiger partial charge in [0, 0.05) is 5.69 Å². The highest BCUT2D eigenvalue weighted by Crippen LogP contribution is 2.25. The van der Waals surface area contributed by atoms with E-state index in [1.807, 2.05) is 12.1 Å². The molecule has 0 aliphatic rings. The van der Waals surface area contributed by atoms with Crippen molar-refractivity contribution in [3.05, 3.63) is 29.3 Å². The second kappa shape index (κ2) is 5.71. The van der Waals surface area contributed by atoms with Crippen LogP contribution in [0, 0.1) is 0 Å². The number of hydrogen-bond donors (Lipinski definition) is 1. The van der Waals surface area contributed by atoms with Gasteiger partial charge in [-0.25, -0.2) is 4.79 Å². The van der Waals surface area contributed by atoms with Crippen LogP contribution in [0.25, 0.3) is 0 Å². The highest BCUT2D eigenvalue weighted by atomic mass is 16.5. The fraction of sp³-hybridized carbons (Fsp3) is 0.500. The highest BCUT2D eigenvalue weighted by Gasteiger charge is 2.09. The minimum atomic E-state index is -0.430. The third kappa shape index (κ3) is 3.77. The number of amides is 1. The maximum absolute atomic E-state index is 11.2. The fourth-order valence-electron chi connectivity index (χ4n) is 1.58. The van der Waals surface area contributed by atoms with E-state index in [1.54, 1.807) is 0 Å². The number of hydrogen-bond acceptors (Lipinski definition) is 2. The Morgan fingerprint density at radius 2 is 1.53 bits per heavy atom. The van der Waals surface area contributed by atoms with Gasteiger partial charge in [0.25, 0.3) is 0 Å². The Morgan fingerprint density at radius 1 is 1.06 bits per heavy atom. The van der Waals surface area contributed by atoms with Crippen LogP contribution in [-0.4, -0.2) is 13.2 Å². The molecular formula is C14H21NO2. The van der Waals surface area contributed by atoms with Crippen molar-refractivity contribution in [2.75, 3.05) is 12.4 Å². The van der Waals surface area contributed by atoms with Gasteiger partial charge in [-0.15, -0.1) is 0 Å². The molecule has 0 aliphatic carbocycles. The second-order valence-corrected chi connectivity index (χ2v) is 4.81. The summed E-state index contributed by atoms with van der Waals surface area (Å²) in [5.74, 6) is 0.874. The minimum Gasteiger partial charge on any atom is -0.453 e. The fourth-order valence-corrected chi connectivity index (χ4v) is 1.58. The summed E-state index contributed by atoms with van der Waals surface area (Å²) in [7, 11) is 1.37. The Balaban J connectivity index is 3.08. The predicted molar refractivity (Wildman–Crippen MR) is 70.6 cm³/mol. The van der Waals surface area contributed by atoms with Gasteiger partial charge in [-0.2, -0.15) is 0 Å². The van der Waals surface area contributed by atoms with E-state index in [2.05, 4.69) is 43.8 Å². The Morgan fingerprint density at radius 3 is 1.88 bits per heavy atom. The minimum absolute atomic E-state index is 0.430. The third-order valence-electron chi connectivity index (χ3n) is 2.74. The van der Waals surface area contributed by atoms with Gasteiger partial charge in [-0.1, -0.05) is 33.8 Å². The van der Waals surface area contributed by atoms with E-state index >= 15 is 0 Å². The van der Waals surface area contributed by atoms with Gasteiger partial charge in [0.1, 0.15) is 0 Å². The van der Waals surface area contributed by atoms with Crippen molar-refractivity contribution in [3.63, 3.8) is 0 Å². The van der Waals surface area contributed by atoms with Crippen LogP contribution in [0.4, 0.5) is 10.5 Å². The molecule has 0 bridgehead atoms. The zero-order valence-corrected chi connectivity index (χ0v) is 11.2. The van der Waals surface area contributed by atoms with Crippen molar-refractivity contribution in [1.29, 1.82) is 0 Å². The number of ether oxygens (including phenoxy) is 1. The molecule has 3 heteroatoms. The molecule has 0 aliphatic heterocycles. The molecule has 0 spiro atoms. The molecule has 0 saturated heterocycles. The number of benzene rings is 1. The third-order valence-corrected chi connectivity index (χ3v) is 2.74. The number of methoxy groups -OCH3 is 1. The molecule has 94 valence electrons. The van der Waals surface area contributed by atoms with Crippen LogP contribution in [0.2, 0.25) is 0 Å². The first-order chi connectivity index (χ1) is 7.93. The monoisotopic (exact) mass is 235 g/mol. The van der Waals surface area contributed by atoms with Gasteiger partial charge >= 0.3 is 6.09 Å². The van der Waals surface area contributed by atoms with Gasteiger partial charge in [0.2, 0.25) is 0 Å². The van der Waals surface area contributed by atoms with Crippen LogP contribution in [0.15, 0.2) is 18.2 Å². The molecule has 17 heavy (non-hydrogen) atoms. The summed E-state index contributed by atoms with van der Waals surface area (Å²) >= 11 is 0. The van der Waals surface area contributed by atoms with Gasteiger partial charge in [0.15, 0.2) is 0 Å². The van der Waals surface area contributed by atoms with Gasteiger partial charge in [-0.05, 0) is 35.1 Å². The lowest BCUT2D eigenvalue weighted by molar-refractivity contribution is 0.187. The first-order valence-electron chi connectivity index (χ1n) is 5.94. The lowest BCUT2D eigenvalue weighted by Crippen LogP contribution is -2.11. The lowest BCUT2D eigenvalue weighted by Gasteiger charge is -2.14. The summed E-state index contributed by atoms with van der Waals surface area (Å²) in [6, 6.07) is 6.18. The molecule has 0 radical (unpaired) electrons. The summed E-state index contributed by atoms with van der Waals surface area (Å²) in [6.07, 6.45) is -0.430. The van der Waals surface area contributed by atoms with E-state index in [4.69, 9.17) is 0 Å². The summed E-state index contributed by atoms with van der Waals surface area (Å²) in [5, 5.41) is 2.72. The average molecular weight is 235 g/mol. The Kier molecular flexibility index (Phi) is 4.55. The molecule has 0 saturated carbocycles. The molecule has 1 aromatic rings. The molecule has 1 aromatic carbocycles. The van der Waals surface area contributed by atoms with E-state index in [-0.39, 0.29) is 0 Å². The van der Waals surface area contributed by atoms with Crippen LogP contribution in [0.1, 0.15) is 50.7 Å². The Labute approximate surface area is 103 Å². The zero-order valence-electron chi connectivity index (χ0n) is 11.2. The Bertz CT molecular complexity index is 371. The quantitative estimate of drug-likeness (QED) is 0.856. The van der Waals surface area contributed by atoms with Crippen molar-refractivity contribution in [2.24, 2.45) is 0 Å². The van der Waals surface area contributed by atoms with Crippen molar-refractivity contribution >= 4 is 11.8 Å². The van der Waals surface area contributed by atoms with E-state index in [0.29, 0.717) is 11.8 Å². The van der Waals surface area contributed by atoms with Crippen molar-refractivity contribution < 1.29 is 9.53 Å². The highest BCUT2D eigenvalue weighted by molar-refractivity contribution is 5.84. The number of rotatable bonds is 3. The molecule has 0 unspecified atom stereocenters. The number of carbonyl (C=O) groups excluding carboxylic acids is 1. The van der Waals surface area contributed by atoms with Crippen molar-refractivity contribution in [2.45, 2.75) is 39.5 Å². The van der Waals surface area contributed by atoms with E-state index in [1.165, 1.54) is 18.2 Å². The van der Waals surface area contributed by atoms with Crippen LogP contribution < -0.4 is 5.32 Å². The number of nitrogens with one attached hydrogen (secondary N) is 1. The SMILES string of the molecule is COC(=O)Nc1cc(C(C)C)cc(C(C)C)c1. The Hall–Kier alpha value is -1.51. The topological polar surface area (TPSA) is 38.3 Å². The van der Waals surface area contributed by atoms with Crippen LogP contribution in [0.5, 0.6) is 0 Å². The molecule has 0 fully saturated rings. The molecule has 1 amide bonds.